The van der Waals surface area contributed by atoms with Crippen molar-refractivity contribution in [3.05, 3.63) is 91.0 Å². The van der Waals surface area contributed by atoms with Crippen molar-refractivity contribution in [2.75, 3.05) is 0 Å². The van der Waals surface area contributed by atoms with E-state index < -0.39 is 0 Å². The standard InChI is InChI=1S/C30H27BO3/c1-29(2)30(3,4)34-31(33-29)22-16-13-20(14-17-22)23-9-5-6-10-24(23)21-15-18-28-26(19-21)25-11-7-8-12-27(25)32-28/h5-19H,1-4H3. The highest BCUT2D eigenvalue weighted by Crippen LogP contribution is 2.38. The first-order chi connectivity index (χ1) is 16.3. The molecule has 0 N–H and O–H groups in total. The van der Waals surface area contributed by atoms with Crippen LogP contribution in [-0.4, -0.2) is 18.3 Å². The molecule has 0 aliphatic carbocycles. The van der Waals surface area contributed by atoms with E-state index in [9.17, 15) is 0 Å². The summed E-state index contributed by atoms with van der Waals surface area (Å²) in [7, 11) is -0.355. The summed E-state index contributed by atoms with van der Waals surface area (Å²) in [4.78, 5) is 0. The molecule has 1 fully saturated rings. The molecular weight excluding hydrogens is 419 g/mol. The van der Waals surface area contributed by atoms with Gasteiger partial charge in [0.25, 0.3) is 0 Å². The van der Waals surface area contributed by atoms with E-state index >= 15 is 0 Å². The van der Waals surface area contributed by atoms with E-state index in [4.69, 9.17) is 13.7 Å². The van der Waals surface area contributed by atoms with Gasteiger partial charge in [0, 0.05) is 10.8 Å². The van der Waals surface area contributed by atoms with Crippen molar-refractivity contribution >= 4 is 34.5 Å². The average Bonchev–Trinajstić information content (AvgIpc) is 3.31. The van der Waals surface area contributed by atoms with Crippen molar-refractivity contribution in [3.63, 3.8) is 0 Å². The topological polar surface area (TPSA) is 31.6 Å². The minimum absolute atomic E-state index is 0.348. The van der Waals surface area contributed by atoms with Gasteiger partial charge >= 0.3 is 7.12 Å². The zero-order valence-electron chi connectivity index (χ0n) is 20.0. The van der Waals surface area contributed by atoms with Gasteiger partial charge in [0.1, 0.15) is 11.2 Å². The molecule has 4 aromatic carbocycles. The maximum Gasteiger partial charge on any atom is 0.494 e. The van der Waals surface area contributed by atoms with Gasteiger partial charge in [-0.25, -0.2) is 0 Å². The third-order valence-electron chi connectivity index (χ3n) is 7.36. The summed E-state index contributed by atoms with van der Waals surface area (Å²) in [6.45, 7) is 8.32. The fourth-order valence-corrected chi connectivity index (χ4v) is 4.68. The fourth-order valence-electron chi connectivity index (χ4n) is 4.68. The van der Waals surface area contributed by atoms with Gasteiger partial charge in [-0.1, -0.05) is 72.8 Å². The van der Waals surface area contributed by atoms with Crippen LogP contribution in [0.4, 0.5) is 0 Å². The highest BCUT2D eigenvalue weighted by Gasteiger charge is 2.51. The number of para-hydroxylation sites is 1. The summed E-state index contributed by atoms with van der Waals surface area (Å²) in [6.07, 6.45) is 0. The maximum absolute atomic E-state index is 6.23. The molecule has 0 radical (unpaired) electrons. The van der Waals surface area contributed by atoms with Crippen LogP contribution in [0, 0.1) is 0 Å². The Hall–Kier alpha value is -3.34. The lowest BCUT2D eigenvalue weighted by Gasteiger charge is -2.32. The Morgan fingerprint density at radius 1 is 0.559 bits per heavy atom. The summed E-state index contributed by atoms with van der Waals surface area (Å²) in [5.41, 5.74) is 6.88. The second kappa shape index (κ2) is 7.59. The van der Waals surface area contributed by atoms with Crippen LogP contribution in [0.25, 0.3) is 44.2 Å². The van der Waals surface area contributed by atoms with Gasteiger partial charge in [-0.15, -0.1) is 0 Å². The van der Waals surface area contributed by atoms with Gasteiger partial charge in [-0.05, 0) is 73.6 Å². The Kier molecular flexibility index (Phi) is 4.74. The third-order valence-corrected chi connectivity index (χ3v) is 7.36. The van der Waals surface area contributed by atoms with Crippen molar-refractivity contribution in [2.45, 2.75) is 38.9 Å². The highest BCUT2D eigenvalue weighted by atomic mass is 16.7. The Bertz CT molecular complexity index is 1500. The fraction of sp³-hybridized carbons (Fsp3) is 0.200. The first-order valence-electron chi connectivity index (χ1n) is 11.8. The molecule has 168 valence electrons. The Labute approximate surface area is 200 Å². The second-order valence-corrected chi connectivity index (χ2v) is 10.1. The molecule has 0 unspecified atom stereocenters. The zero-order valence-corrected chi connectivity index (χ0v) is 20.0. The first kappa shape index (κ1) is 21.2. The lowest BCUT2D eigenvalue weighted by molar-refractivity contribution is 0.00578. The van der Waals surface area contributed by atoms with Crippen LogP contribution in [0.15, 0.2) is 95.4 Å². The summed E-state index contributed by atoms with van der Waals surface area (Å²) in [5.74, 6) is 0. The zero-order chi connectivity index (χ0) is 23.5. The molecular formula is C30H27BO3. The third kappa shape index (κ3) is 3.37. The van der Waals surface area contributed by atoms with Gasteiger partial charge < -0.3 is 13.7 Å². The predicted molar refractivity (Wildman–Crippen MR) is 140 cm³/mol. The van der Waals surface area contributed by atoms with Crippen molar-refractivity contribution in [1.82, 2.24) is 0 Å². The summed E-state index contributed by atoms with van der Waals surface area (Å²) in [5, 5.41) is 2.28. The van der Waals surface area contributed by atoms with Crippen LogP contribution < -0.4 is 5.46 Å². The molecule has 5 aromatic rings. The molecule has 1 saturated heterocycles. The number of furan rings is 1. The maximum atomic E-state index is 6.23. The van der Waals surface area contributed by atoms with Crippen molar-refractivity contribution in [2.24, 2.45) is 0 Å². The molecule has 0 amide bonds. The molecule has 0 spiro atoms. The van der Waals surface area contributed by atoms with E-state index in [0.29, 0.717) is 0 Å². The molecule has 1 aliphatic heterocycles. The SMILES string of the molecule is CC1(C)OB(c2ccc(-c3ccccc3-c3ccc4oc5ccccc5c4c3)cc2)OC1(C)C. The van der Waals surface area contributed by atoms with Crippen LogP contribution >= 0.6 is 0 Å². The van der Waals surface area contributed by atoms with Crippen molar-refractivity contribution < 1.29 is 13.7 Å². The van der Waals surface area contributed by atoms with Gasteiger partial charge in [-0.2, -0.15) is 0 Å². The van der Waals surface area contributed by atoms with Crippen LogP contribution in [0.1, 0.15) is 27.7 Å². The molecule has 0 bridgehead atoms. The quantitative estimate of drug-likeness (QED) is 0.274. The second-order valence-electron chi connectivity index (χ2n) is 10.1. The highest BCUT2D eigenvalue weighted by molar-refractivity contribution is 6.62. The smallest absolute Gasteiger partial charge is 0.456 e. The van der Waals surface area contributed by atoms with Crippen LogP contribution in [0.2, 0.25) is 0 Å². The van der Waals surface area contributed by atoms with Crippen LogP contribution in [-0.2, 0) is 9.31 Å². The number of fused-ring (bicyclic) bond motifs is 3. The van der Waals surface area contributed by atoms with E-state index in [1.807, 2.05) is 12.1 Å². The lowest BCUT2D eigenvalue weighted by Crippen LogP contribution is -2.41. The molecule has 3 nitrogen and oxygen atoms in total. The van der Waals surface area contributed by atoms with Gasteiger partial charge in [0.15, 0.2) is 0 Å². The number of hydrogen-bond acceptors (Lipinski definition) is 3. The van der Waals surface area contributed by atoms with Gasteiger partial charge in [0.05, 0.1) is 11.2 Å². The number of hydrogen-bond donors (Lipinski definition) is 0. The summed E-state index contributed by atoms with van der Waals surface area (Å²) >= 11 is 0. The van der Waals surface area contributed by atoms with E-state index in [2.05, 4.69) is 107 Å². The average molecular weight is 446 g/mol. The van der Waals surface area contributed by atoms with Crippen molar-refractivity contribution in [3.8, 4) is 22.3 Å². The monoisotopic (exact) mass is 446 g/mol. The van der Waals surface area contributed by atoms with E-state index in [-0.39, 0.29) is 18.3 Å². The van der Waals surface area contributed by atoms with Crippen LogP contribution in [0.3, 0.4) is 0 Å². The van der Waals surface area contributed by atoms with E-state index in [0.717, 1.165) is 33.0 Å². The first-order valence-corrected chi connectivity index (χ1v) is 11.8. The van der Waals surface area contributed by atoms with Crippen LogP contribution in [0.5, 0.6) is 0 Å². The minimum Gasteiger partial charge on any atom is -0.456 e. The van der Waals surface area contributed by atoms with Gasteiger partial charge in [0.2, 0.25) is 0 Å². The van der Waals surface area contributed by atoms with Gasteiger partial charge in [-0.3, -0.25) is 0 Å². The van der Waals surface area contributed by atoms with E-state index in [1.54, 1.807) is 0 Å². The largest absolute Gasteiger partial charge is 0.494 e. The Morgan fingerprint density at radius 3 is 1.82 bits per heavy atom. The van der Waals surface area contributed by atoms with Crippen molar-refractivity contribution in [1.29, 1.82) is 0 Å². The summed E-state index contributed by atoms with van der Waals surface area (Å²) in [6, 6.07) is 31.7. The predicted octanol–water partition coefficient (Wildman–Crippen LogP) is 7.22. The molecule has 1 aromatic heterocycles. The minimum atomic E-state index is -0.355. The number of benzene rings is 4. The molecule has 34 heavy (non-hydrogen) atoms. The molecule has 2 heterocycles. The molecule has 6 rings (SSSR count). The lowest BCUT2D eigenvalue weighted by atomic mass is 9.78. The number of rotatable bonds is 3. The molecule has 1 aliphatic rings. The molecule has 4 heteroatoms. The molecule has 0 atom stereocenters. The van der Waals surface area contributed by atoms with E-state index in [1.165, 1.54) is 16.7 Å². The Balaban J connectivity index is 1.38. The summed E-state index contributed by atoms with van der Waals surface area (Å²) < 4.78 is 18.5. The molecule has 0 saturated carbocycles. The normalized spacial score (nSPS) is 17.0. The Morgan fingerprint density at radius 2 is 1.12 bits per heavy atom.